The first-order valence-corrected chi connectivity index (χ1v) is 17.9. The summed E-state index contributed by atoms with van der Waals surface area (Å²) < 4.78 is 59.0. The third-order valence-electron chi connectivity index (χ3n) is 8.18. The molecule has 0 aliphatic carbocycles. The molecule has 4 rings (SSSR count). The summed E-state index contributed by atoms with van der Waals surface area (Å²) in [5.74, 6) is -3.72. The number of thioether (sulfide) groups is 1. The zero-order valence-corrected chi connectivity index (χ0v) is 31.3. The number of carbonyl (C=O) groups is 3. The van der Waals surface area contributed by atoms with E-state index in [4.69, 9.17) is 25.2 Å². The molecule has 2 unspecified atom stereocenters. The van der Waals surface area contributed by atoms with E-state index in [1.54, 1.807) is 39.9 Å². The molecule has 0 aliphatic heterocycles. The molecule has 2 atom stereocenters. The Hall–Kier alpha value is -5.37. The summed E-state index contributed by atoms with van der Waals surface area (Å²) in [5.41, 5.74) is 1.31. The Bertz CT molecular complexity index is 1940. The zero-order valence-electron chi connectivity index (χ0n) is 30.5. The number of likely N-dealkylation sites (N-methyl/N-ethyl adjacent to an activating group) is 1. The summed E-state index contributed by atoms with van der Waals surface area (Å²) in [5, 5.41) is 32.8. The maximum absolute atomic E-state index is 13.8. The quantitative estimate of drug-likeness (QED) is 0.0680. The van der Waals surface area contributed by atoms with E-state index in [9.17, 15) is 36.7 Å². The smallest absolute Gasteiger partial charge is 0.416 e. The Morgan fingerprint density at radius 1 is 0.893 bits per heavy atom. The number of ether oxygens (including phenoxy) is 1. The molecule has 14 nitrogen and oxygen atoms in total. The van der Waals surface area contributed by atoms with E-state index in [-0.39, 0.29) is 30.6 Å². The number of nitrogens with zero attached hydrogens (tertiary/aromatic N) is 5. The molecule has 0 saturated carbocycles. The summed E-state index contributed by atoms with van der Waals surface area (Å²) >= 11 is 1.25. The van der Waals surface area contributed by atoms with E-state index in [0.29, 0.717) is 35.3 Å². The molecule has 4 aromatic rings. The van der Waals surface area contributed by atoms with Gasteiger partial charge in [0.05, 0.1) is 24.6 Å². The first kappa shape index (κ1) is 45.0. The summed E-state index contributed by atoms with van der Waals surface area (Å²) in [7, 11) is 1.35. The number of pyridine rings is 1. The molecule has 4 N–H and O–H groups in total. The van der Waals surface area contributed by atoms with Crippen molar-refractivity contribution in [2.45, 2.75) is 56.2 Å². The van der Waals surface area contributed by atoms with Crippen LogP contribution in [0.25, 0.3) is 11.3 Å². The van der Waals surface area contributed by atoms with E-state index in [0.717, 1.165) is 36.3 Å². The SMILES string of the molecule is CCN(CC)CCN(Cc1ccc(-c2ccc(C(F)(F)F)cc2)nc1)C(=O)Cn1cc(OC)c(=O)nc1SCc1ccc(F)cc1.O=C(O)C(O)C(O)C(=O)O. The summed E-state index contributed by atoms with van der Waals surface area (Å²) in [4.78, 5) is 58.4. The Morgan fingerprint density at radius 3 is 1.98 bits per heavy atom. The molecule has 2 heterocycles. The number of alkyl halides is 3. The number of aliphatic hydroxyl groups excluding tert-OH is 2. The number of amides is 1. The van der Waals surface area contributed by atoms with Crippen LogP contribution in [-0.2, 0) is 39.4 Å². The molecule has 2 aromatic heterocycles. The predicted octanol–water partition coefficient (Wildman–Crippen LogP) is 4.01. The molecule has 0 bridgehead atoms. The van der Waals surface area contributed by atoms with Crippen molar-refractivity contribution in [2.24, 2.45) is 0 Å². The van der Waals surface area contributed by atoms with E-state index < -0.39 is 41.4 Å². The fourth-order valence-electron chi connectivity index (χ4n) is 4.90. The highest BCUT2D eigenvalue weighted by Crippen LogP contribution is 2.30. The van der Waals surface area contributed by atoms with Crippen molar-refractivity contribution < 1.29 is 57.1 Å². The molecule has 56 heavy (non-hydrogen) atoms. The Labute approximate surface area is 323 Å². The third-order valence-corrected chi connectivity index (χ3v) is 9.24. The number of carboxylic acid groups (broad SMARTS) is 2. The topological polar surface area (TPSA) is 196 Å². The highest BCUT2D eigenvalue weighted by Gasteiger charge is 2.30. The van der Waals surface area contributed by atoms with Crippen molar-refractivity contribution in [3.63, 3.8) is 0 Å². The van der Waals surface area contributed by atoms with E-state index in [1.807, 2.05) is 13.8 Å². The van der Waals surface area contributed by atoms with Crippen LogP contribution in [0.3, 0.4) is 0 Å². The molecule has 0 aliphatic rings. The molecule has 19 heteroatoms. The molecule has 302 valence electrons. The molecule has 1 amide bonds. The van der Waals surface area contributed by atoms with E-state index in [2.05, 4.69) is 14.9 Å². The normalized spacial score (nSPS) is 12.3. The first-order valence-electron chi connectivity index (χ1n) is 16.9. The van der Waals surface area contributed by atoms with Gasteiger partial charge in [-0.15, -0.1) is 0 Å². The monoisotopic (exact) mass is 807 g/mol. The fraction of sp³-hybridized carbons (Fsp3) is 0.351. The lowest BCUT2D eigenvalue weighted by Gasteiger charge is -2.27. The van der Waals surface area contributed by atoms with Crippen molar-refractivity contribution in [2.75, 3.05) is 33.3 Å². The summed E-state index contributed by atoms with van der Waals surface area (Å²) in [6, 6.07) is 14.3. The number of aliphatic hydroxyl groups is 2. The van der Waals surface area contributed by atoms with Gasteiger partial charge < -0.3 is 39.5 Å². The maximum atomic E-state index is 13.8. The van der Waals surface area contributed by atoms with Crippen LogP contribution in [0.4, 0.5) is 17.6 Å². The Balaban J connectivity index is 0.000000739. The summed E-state index contributed by atoms with van der Waals surface area (Å²) in [6.45, 7) is 6.89. The molecular formula is C37H41F4N5O9S. The lowest BCUT2D eigenvalue weighted by Crippen LogP contribution is -2.40. The van der Waals surface area contributed by atoms with Gasteiger partial charge in [-0.3, -0.25) is 14.6 Å². The molecule has 0 spiro atoms. The number of carboxylic acids is 2. The lowest BCUT2D eigenvalue weighted by molar-refractivity contribution is -0.165. The number of aliphatic carboxylic acids is 2. The summed E-state index contributed by atoms with van der Waals surface area (Å²) in [6.07, 6.45) is -5.88. The molecule has 0 radical (unpaired) electrons. The second kappa shape index (κ2) is 21.1. The predicted molar refractivity (Wildman–Crippen MR) is 196 cm³/mol. The van der Waals surface area contributed by atoms with E-state index >= 15 is 0 Å². The van der Waals surface area contributed by atoms with Gasteiger partial charge >= 0.3 is 23.7 Å². The van der Waals surface area contributed by atoms with Crippen molar-refractivity contribution in [1.29, 1.82) is 0 Å². The van der Waals surface area contributed by atoms with Crippen LogP contribution in [0, 0.1) is 5.82 Å². The van der Waals surface area contributed by atoms with Gasteiger partial charge in [-0.05, 0) is 54.5 Å². The van der Waals surface area contributed by atoms with E-state index in [1.165, 1.54) is 49.3 Å². The number of rotatable bonds is 17. The minimum atomic E-state index is -4.42. The third kappa shape index (κ3) is 13.4. The highest BCUT2D eigenvalue weighted by atomic mass is 32.2. The number of hydrogen-bond donors (Lipinski definition) is 4. The van der Waals surface area contributed by atoms with Crippen molar-refractivity contribution in [1.82, 2.24) is 24.3 Å². The van der Waals surface area contributed by atoms with Crippen molar-refractivity contribution >= 4 is 29.6 Å². The average molecular weight is 808 g/mol. The largest absolute Gasteiger partial charge is 0.490 e. The van der Waals surface area contributed by atoms with Crippen LogP contribution in [0.2, 0.25) is 0 Å². The minimum Gasteiger partial charge on any atom is -0.490 e. The standard InChI is InChI=1S/C33H35F4N5O3S.C4H6O6/c1-4-40(5-2)16-17-41(19-24-8-15-28(38-18-24)25-9-11-26(12-10-25)33(35,36)37)30(43)21-42-20-29(45-3)31(44)39-32(42)46-22-23-6-13-27(34)14-7-23;5-1(3(7)8)2(6)4(9)10/h6-15,18,20H,4-5,16-17,19,21-22H2,1-3H3;1-2,5-6H,(H,7,8)(H,9,10). The number of carbonyl (C=O) groups excluding carboxylic acids is 1. The zero-order chi connectivity index (χ0) is 41.6. The number of methoxy groups -OCH3 is 1. The second-order valence-corrected chi connectivity index (χ2v) is 12.9. The number of benzene rings is 2. The van der Waals surface area contributed by atoms with Gasteiger partial charge in [-0.25, -0.2) is 14.0 Å². The number of aromatic nitrogens is 3. The van der Waals surface area contributed by atoms with Crippen LogP contribution in [0.5, 0.6) is 5.75 Å². The van der Waals surface area contributed by atoms with Crippen molar-refractivity contribution in [3.05, 3.63) is 106 Å². The van der Waals surface area contributed by atoms with Crippen LogP contribution >= 0.6 is 11.8 Å². The minimum absolute atomic E-state index is 0.00308. The number of halogens is 4. The molecule has 0 fully saturated rings. The van der Waals surface area contributed by atoms with Gasteiger partial charge in [-0.2, -0.15) is 18.2 Å². The van der Waals surface area contributed by atoms with Crippen LogP contribution in [-0.4, -0.2) is 108 Å². The average Bonchev–Trinajstić information content (AvgIpc) is 3.17. The molecule has 2 aromatic carbocycles. The van der Waals surface area contributed by atoms with Crippen LogP contribution in [0.1, 0.15) is 30.5 Å². The second-order valence-electron chi connectivity index (χ2n) is 12.0. The van der Waals surface area contributed by atoms with Gasteiger partial charge in [0.15, 0.2) is 17.4 Å². The lowest BCUT2D eigenvalue weighted by atomic mass is 10.1. The van der Waals surface area contributed by atoms with Gasteiger partial charge in [-0.1, -0.05) is 55.9 Å². The van der Waals surface area contributed by atoms with Gasteiger partial charge in [0.25, 0.3) is 0 Å². The van der Waals surface area contributed by atoms with Crippen LogP contribution < -0.4 is 10.3 Å². The van der Waals surface area contributed by atoms with Gasteiger partial charge in [0.2, 0.25) is 11.7 Å². The highest BCUT2D eigenvalue weighted by molar-refractivity contribution is 7.98. The Kier molecular flexibility index (Phi) is 16.9. The number of hydrogen-bond acceptors (Lipinski definition) is 11. The van der Waals surface area contributed by atoms with Crippen LogP contribution in [0.15, 0.2) is 83.0 Å². The first-order chi connectivity index (χ1) is 26.5. The molecular weight excluding hydrogens is 766 g/mol. The van der Waals surface area contributed by atoms with Gasteiger partial charge in [0, 0.05) is 37.1 Å². The fourth-order valence-corrected chi connectivity index (χ4v) is 5.82. The maximum Gasteiger partial charge on any atom is 0.416 e. The van der Waals surface area contributed by atoms with Gasteiger partial charge in [0.1, 0.15) is 12.4 Å². The Morgan fingerprint density at radius 2 is 1.48 bits per heavy atom. The van der Waals surface area contributed by atoms with Crippen molar-refractivity contribution in [3.8, 4) is 17.0 Å². The molecule has 0 saturated heterocycles.